The van der Waals surface area contributed by atoms with E-state index in [1.807, 2.05) is 0 Å². The summed E-state index contributed by atoms with van der Waals surface area (Å²) in [7, 11) is 1.62. The quantitative estimate of drug-likeness (QED) is 0.273. The molecular formula is C9H18N4O2. The number of likely N-dealkylation sites (N-methyl/N-ethyl adjacent to an activating group) is 1. The zero-order valence-electron chi connectivity index (χ0n) is 9.10. The largest absolute Gasteiger partial charge is 0.409 e. The minimum absolute atomic E-state index is 0.0289. The number of hydrogen-bond donors (Lipinski definition) is 3. The Balaban J connectivity index is 2.43. The molecule has 0 aromatic carbocycles. The fourth-order valence-corrected chi connectivity index (χ4v) is 1.29. The molecule has 1 unspecified atom stereocenters. The van der Waals surface area contributed by atoms with Crippen molar-refractivity contribution in [2.45, 2.75) is 38.3 Å². The molecular weight excluding hydrogens is 196 g/mol. The molecule has 2 amide bonds. The third-order valence-electron chi connectivity index (χ3n) is 2.88. The zero-order valence-corrected chi connectivity index (χ0v) is 9.10. The van der Waals surface area contributed by atoms with Crippen LogP contribution in [-0.2, 0) is 0 Å². The van der Waals surface area contributed by atoms with Gasteiger partial charge < -0.3 is 21.2 Å². The number of hydrogen-bond acceptors (Lipinski definition) is 3. The van der Waals surface area contributed by atoms with E-state index in [0.29, 0.717) is 6.04 Å². The topological polar surface area (TPSA) is 91.0 Å². The van der Waals surface area contributed by atoms with Crippen LogP contribution in [0.15, 0.2) is 5.16 Å². The molecule has 0 spiro atoms. The summed E-state index contributed by atoms with van der Waals surface area (Å²) in [6, 6.07) is -0.298. The van der Waals surface area contributed by atoms with Crippen molar-refractivity contribution in [3.8, 4) is 0 Å². The third-order valence-corrected chi connectivity index (χ3v) is 2.88. The van der Waals surface area contributed by atoms with E-state index in [9.17, 15) is 4.79 Å². The van der Waals surface area contributed by atoms with Gasteiger partial charge in [0.25, 0.3) is 0 Å². The lowest BCUT2D eigenvalue weighted by Crippen LogP contribution is -2.51. The molecule has 1 aliphatic rings. The maximum Gasteiger partial charge on any atom is 0.317 e. The third kappa shape index (κ3) is 2.74. The van der Waals surface area contributed by atoms with Crippen molar-refractivity contribution in [3.05, 3.63) is 0 Å². The highest BCUT2D eigenvalue weighted by Gasteiger charge is 2.24. The van der Waals surface area contributed by atoms with Crippen LogP contribution in [0.25, 0.3) is 0 Å². The number of nitrogens with two attached hydrogens (primary N) is 1. The van der Waals surface area contributed by atoms with Gasteiger partial charge in [-0.1, -0.05) is 5.16 Å². The fraction of sp³-hybridized carbons (Fsp3) is 0.778. The number of nitrogens with one attached hydrogen (secondary N) is 1. The monoisotopic (exact) mass is 214 g/mol. The lowest BCUT2D eigenvalue weighted by atomic mass is 9.93. The molecule has 4 N–H and O–H groups in total. The van der Waals surface area contributed by atoms with Crippen LogP contribution in [0.3, 0.4) is 0 Å². The standard InChI is InChI=1S/C9H18N4O2/c1-6(8(10)12-15)13(2)9(14)11-7-4-3-5-7/h6-7,15H,3-5H2,1-2H3,(H2,10,12)(H,11,14). The van der Waals surface area contributed by atoms with Crippen LogP contribution in [0.2, 0.25) is 0 Å². The number of amides is 2. The number of urea groups is 1. The lowest BCUT2D eigenvalue weighted by molar-refractivity contribution is 0.191. The second-order valence-corrected chi connectivity index (χ2v) is 3.89. The Labute approximate surface area is 89.1 Å². The van der Waals surface area contributed by atoms with Crippen LogP contribution < -0.4 is 11.1 Å². The summed E-state index contributed by atoms with van der Waals surface area (Å²) >= 11 is 0. The molecule has 1 saturated carbocycles. The molecule has 1 fully saturated rings. The highest BCUT2D eigenvalue weighted by molar-refractivity contribution is 5.89. The van der Waals surface area contributed by atoms with Gasteiger partial charge in [0.15, 0.2) is 5.84 Å². The maximum absolute atomic E-state index is 11.6. The number of carbonyl (C=O) groups is 1. The van der Waals surface area contributed by atoms with Gasteiger partial charge in [0.2, 0.25) is 0 Å². The van der Waals surface area contributed by atoms with Gasteiger partial charge in [-0.05, 0) is 26.2 Å². The van der Waals surface area contributed by atoms with Gasteiger partial charge in [-0.3, -0.25) is 0 Å². The van der Waals surface area contributed by atoms with Crippen LogP contribution in [-0.4, -0.2) is 41.1 Å². The van der Waals surface area contributed by atoms with Crippen LogP contribution in [0.5, 0.6) is 0 Å². The molecule has 15 heavy (non-hydrogen) atoms. The summed E-state index contributed by atoms with van der Waals surface area (Å²) in [5.41, 5.74) is 5.41. The summed E-state index contributed by atoms with van der Waals surface area (Å²) in [5.74, 6) is 0.0289. The first-order valence-corrected chi connectivity index (χ1v) is 5.07. The SMILES string of the molecule is CC(C(N)=NO)N(C)C(=O)NC1CCC1. The molecule has 0 heterocycles. The normalized spacial score (nSPS) is 19.2. The van der Waals surface area contributed by atoms with Crippen molar-refractivity contribution in [3.63, 3.8) is 0 Å². The highest BCUT2D eigenvalue weighted by atomic mass is 16.4. The Morgan fingerprint density at radius 2 is 2.27 bits per heavy atom. The van der Waals surface area contributed by atoms with Gasteiger partial charge in [-0.2, -0.15) is 0 Å². The van der Waals surface area contributed by atoms with E-state index >= 15 is 0 Å². The molecule has 1 atom stereocenters. The number of nitrogens with zero attached hydrogens (tertiary/aromatic N) is 2. The Morgan fingerprint density at radius 3 is 2.67 bits per heavy atom. The number of oxime groups is 1. The minimum atomic E-state index is -0.407. The predicted octanol–water partition coefficient (Wildman–Crippen LogP) is 0.315. The van der Waals surface area contributed by atoms with E-state index in [2.05, 4.69) is 10.5 Å². The second kappa shape index (κ2) is 4.86. The second-order valence-electron chi connectivity index (χ2n) is 3.89. The van der Waals surface area contributed by atoms with Crippen molar-refractivity contribution in [2.75, 3.05) is 7.05 Å². The number of amidine groups is 1. The van der Waals surface area contributed by atoms with Crippen LogP contribution in [0, 0.1) is 0 Å². The van der Waals surface area contributed by atoms with E-state index in [0.717, 1.165) is 12.8 Å². The Morgan fingerprint density at radius 1 is 1.67 bits per heavy atom. The summed E-state index contributed by atoms with van der Waals surface area (Å²) in [4.78, 5) is 13.1. The summed E-state index contributed by atoms with van der Waals surface area (Å²) in [5, 5.41) is 14.2. The lowest BCUT2D eigenvalue weighted by Gasteiger charge is -2.31. The molecule has 0 saturated heterocycles. The zero-order chi connectivity index (χ0) is 11.4. The van der Waals surface area contributed by atoms with Gasteiger partial charge in [0.05, 0.1) is 6.04 Å². The molecule has 0 radical (unpaired) electrons. The molecule has 0 bridgehead atoms. The number of rotatable bonds is 3. The molecule has 6 nitrogen and oxygen atoms in total. The van der Waals surface area contributed by atoms with Crippen LogP contribution >= 0.6 is 0 Å². The van der Waals surface area contributed by atoms with E-state index in [-0.39, 0.29) is 11.9 Å². The average Bonchev–Trinajstić information content (AvgIpc) is 2.19. The van der Waals surface area contributed by atoms with Crippen molar-refractivity contribution in [2.24, 2.45) is 10.9 Å². The van der Waals surface area contributed by atoms with Gasteiger partial charge >= 0.3 is 6.03 Å². The van der Waals surface area contributed by atoms with Gasteiger partial charge in [0, 0.05) is 13.1 Å². The Bertz CT molecular complexity index is 263. The molecule has 86 valence electrons. The van der Waals surface area contributed by atoms with Crippen LogP contribution in [0.1, 0.15) is 26.2 Å². The summed E-state index contributed by atoms with van der Waals surface area (Å²) in [6.45, 7) is 1.70. The first-order chi connectivity index (χ1) is 7.06. The van der Waals surface area contributed by atoms with Gasteiger partial charge in [-0.25, -0.2) is 4.79 Å². The maximum atomic E-state index is 11.6. The summed E-state index contributed by atoms with van der Waals surface area (Å²) < 4.78 is 0. The van der Waals surface area contributed by atoms with Crippen LogP contribution in [0.4, 0.5) is 4.79 Å². The van der Waals surface area contributed by atoms with E-state index in [4.69, 9.17) is 10.9 Å². The van der Waals surface area contributed by atoms with Crippen molar-refractivity contribution in [1.29, 1.82) is 0 Å². The van der Waals surface area contributed by atoms with Crippen molar-refractivity contribution < 1.29 is 10.0 Å². The Hall–Kier alpha value is -1.46. The minimum Gasteiger partial charge on any atom is -0.409 e. The molecule has 1 rings (SSSR count). The first kappa shape index (κ1) is 11.6. The molecule has 1 aliphatic carbocycles. The smallest absolute Gasteiger partial charge is 0.317 e. The van der Waals surface area contributed by atoms with E-state index < -0.39 is 6.04 Å². The molecule has 0 aromatic rings. The van der Waals surface area contributed by atoms with Gasteiger partial charge in [0.1, 0.15) is 0 Å². The van der Waals surface area contributed by atoms with Gasteiger partial charge in [-0.15, -0.1) is 0 Å². The summed E-state index contributed by atoms with van der Waals surface area (Å²) in [6.07, 6.45) is 3.25. The number of carbonyl (C=O) groups excluding carboxylic acids is 1. The predicted molar refractivity (Wildman–Crippen MR) is 56.8 cm³/mol. The average molecular weight is 214 g/mol. The molecule has 6 heteroatoms. The highest BCUT2D eigenvalue weighted by Crippen LogP contribution is 2.18. The van der Waals surface area contributed by atoms with E-state index in [1.54, 1.807) is 14.0 Å². The Kier molecular flexibility index (Phi) is 3.76. The van der Waals surface area contributed by atoms with E-state index in [1.165, 1.54) is 11.3 Å². The fourth-order valence-electron chi connectivity index (χ4n) is 1.29. The molecule has 0 aliphatic heterocycles. The van der Waals surface area contributed by atoms with Crippen molar-refractivity contribution in [1.82, 2.24) is 10.2 Å². The van der Waals surface area contributed by atoms with Crippen molar-refractivity contribution >= 4 is 11.9 Å². The first-order valence-electron chi connectivity index (χ1n) is 5.07. The molecule has 0 aromatic heterocycles.